The van der Waals surface area contributed by atoms with Gasteiger partial charge in [-0.1, -0.05) is 72.8 Å². The predicted molar refractivity (Wildman–Crippen MR) is 98.3 cm³/mol. The van der Waals surface area contributed by atoms with Crippen molar-refractivity contribution in [3.05, 3.63) is 59.6 Å². The molecule has 0 saturated heterocycles. The van der Waals surface area contributed by atoms with Gasteiger partial charge < -0.3 is 18.9 Å². The Morgan fingerprint density at radius 1 is 0.846 bits per heavy atom. The molecule has 136 valence electrons. The van der Waals surface area contributed by atoms with Crippen LogP contribution in [0.3, 0.4) is 0 Å². The van der Waals surface area contributed by atoms with Crippen LogP contribution >= 0.6 is 23.2 Å². The first kappa shape index (κ1) is 19.6. The molecule has 0 aliphatic heterocycles. The molecule has 0 aliphatic rings. The van der Waals surface area contributed by atoms with Gasteiger partial charge in [0.1, 0.15) is 23.3 Å². The standard InChI is InChI=1S/C18H14Cl2O6/c1-3-9-23-17(21)25-15-11-7-5-6-8-12(11)16(14(20)13(15)19)26-18(22)24-10-4-2/h3-8H,1-2,9-10H2. The topological polar surface area (TPSA) is 71.1 Å². The Bertz CT molecular complexity index is 792. The van der Waals surface area contributed by atoms with E-state index in [0.717, 1.165) is 0 Å². The summed E-state index contributed by atoms with van der Waals surface area (Å²) in [5.74, 6) is -0.0405. The summed E-state index contributed by atoms with van der Waals surface area (Å²) in [6, 6.07) is 6.62. The van der Waals surface area contributed by atoms with Crippen LogP contribution < -0.4 is 9.47 Å². The molecule has 0 spiro atoms. The number of rotatable bonds is 6. The Kier molecular flexibility index (Phi) is 6.89. The highest BCUT2D eigenvalue weighted by Gasteiger charge is 2.23. The smallest absolute Gasteiger partial charge is 0.430 e. The molecule has 0 fully saturated rings. The Morgan fingerprint density at radius 3 is 1.58 bits per heavy atom. The third kappa shape index (κ3) is 4.47. The van der Waals surface area contributed by atoms with Crippen LogP contribution in [0.2, 0.25) is 10.0 Å². The average Bonchev–Trinajstić information content (AvgIpc) is 2.65. The van der Waals surface area contributed by atoms with E-state index in [1.807, 2.05) is 0 Å². The molecule has 2 aromatic carbocycles. The molecule has 0 N–H and O–H groups in total. The van der Waals surface area contributed by atoms with Crippen LogP contribution in [0.4, 0.5) is 9.59 Å². The fraction of sp³-hybridized carbons (Fsp3) is 0.111. The van der Waals surface area contributed by atoms with E-state index in [4.69, 9.17) is 42.1 Å². The molecule has 0 unspecified atom stereocenters. The minimum absolute atomic E-state index is 0.0202. The monoisotopic (exact) mass is 396 g/mol. The van der Waals surface area contributed by atoms with Crippen LogP contribution in [0.5, 0.6) is 11.5 Å². The lowest BCUT2D eigenvalue weighted by molar-refractivity contribution is 0.108. The predicted octanol–water partition coefficient (Wildman–Crippen LogP) is 5.55. The van der Waals surface area contributed by atoms with E-state index in [9.17, 15) is 9.59 Å². The highest BCUT2D eigenvalue weighted by molar-refractivity contribution is 6.45. The van der Waals surface area contributed by atoms with E-state index in [-0.39, 0.29) is 34.8 Å². The van der Waals surface area contributed by atoms with Gasteiger partial charge in [0.15, 0.2) is 11.5 Å². The van der Waals surface area contributed by atoms with Crippen molar-refractivity contribution in [2.45, 2.75) is 0 Å². The molecule has 8 heteroatoms. The van der Waals surface area contributed by atoms with Gasteiger partial charge in [-0.2, -0.15) is 0 Å². The van der Waals surface area contributed by atoms with Crippen molar-refractivity contribution < 1.29 is 28.5 Å². The van der Waals surface area contributed by atoms with Gasteiger partial charge in [0.05, 0.1) is 0 Å². The van der Waals surface area contributed by atoms with Crippen LogP contribution in [0.25, 0.3) is 10.8 Å². The molecule has 0 atom stereocenters. The zero-order valence-corrected chi connectivity index (χ0v) is 15.0. The van der Waals surface area contributed by atoms with Crippen molar-refractivity contribution in [2.75, 3.05) is 13.2 Å². The van der Waals surface area contributed by atoms with Gasteiger partial charge in [-0.05, 0) is 0 Å². The Morgan fingerprint density at radius 2 is 1.23 bits per heavy atom. The van der Waals surface area contributed by atoms with E-state index in [1.165, 1.54) is 12.2 Å². The van der Waals surface area contributed by atoms with Gasteiger partial charge in [0, 0.05) is 10.8 Å². The summed E-state index contributed by atoms with van der Waals surface area (Å²) in [6.45, 7) is 6.81. The largest absolute Gasteiger partial charge is 0.514 e. The maximum absolute atomic E-state index is 11.8. The lowest BCUT2D eigenvalue weighted by Crippen LogP contribution is -2.13. The number of halogens is 2. The van der Waals surface area contributed by atoms with Gasteiger partial charge in [0.25, 0.3) is 0 Å². The van der Waals surface area contributed by atoms with Crippen LogP contribution in [0.15, 0.2) is 49.6 Å². The van der Waals surface area contributed by atoms with Crippen LogP contribution in [0.1, 0.15) is 0 Å². The number of hydrogen-bond acceptors (Lipinski definition) is 6. The zero-order chi connectivity index (χ0) is 19.1. The SMILES string of the molecule is C=CCOC(=O)Oc1c(Cl)c(Cl)c(OC(=O)OCC=C)c2ccccc12. The van der Waals surface area contributed by atoms with Crippen molar-refractivity contribution >= 4 is 46.3 Å². The zero-order valence-electron chi connectivity index (χ0n) is 13.5. The summed E-state index contributed by atoms with van der Waals surface area (Å²) in [7, 11) is 0. The molecule has 2 aromatic rings. The summed E-state index contributed by atoms with van der Waals surface area (Å²) in [6.07, 6.45) is 0.818. The molecule has 0 aromatic heterocycles. The molecule has 0 saturated carbocycles. The molecule has 0 bridgehead atoms. The van der Waals surface area contributed by atoms with Gasteiger partial charge in [-0.3, -0.25) is 0 Å². The van der Waals surface area contributed by atoms with E-state index in [2.05, 4.69) is 13.2 Å². The van der Waals surface area contributed by atoms with Crippen molar-refractivity contribution in [2.24, 2.45) is 0 Å². The van der Waals surface area contributed by atoms with E-state index in [1.54, 1.807) is 24.3 Å². The number of fused-ring (bicyclic) bond motifs is 1. The van der Waals surface area contributed by atoms with E-state index >= 15 is 0 Å². The summed E-state index contributed by atoms with van der Waals surface area (Å²) in [4.78, 5) is 23.5. The second-order valence-corrected chi connectivity index (χ2v) is 5.49. The lowest BCUT2D eigenvalue weighted by Gasteiger charge is -2.15. The molecular formula is C18H14Cl2O6. The molecular weight excluding hydrogens is 383 g/mol. The first-order chi connectivity index (χ1) is 12.5. The van der Waals surface area contributed by atoms with Crippen molar-refractivity contribution in [3.63, 3.8) is 0 Å². The van der Waals surface area contributed by atoms with Gasteiger partial charge in [0.2, 0.25) is 0 Å². The van der Waals surface area contributed by atoms with Crippen LogP contribution in [-0.2, 0) is 9.47 Å². The molecule has 0 radical (unpaired) electrons. The average molecular weight is 397 g/mol. The summed E-state index contributed by atoms with van der Waals surface area (Å²) >= 11 is 12.4. The molecule has 0 heterocycles. The van der Waals surface area contributed by atoms with E-state index in [0.29, 0.717) is 10.8 Å². The number of ether oxygens (including phenoxy) is 4. The molecule has 2 rings (SSSR count). The second-order valence-electron chi connectivity index (χ2n) is 4.74. The normalized spacial score (nSPS) is 10.1. The number of carbonyl (C=O) groups is 2. The quantitative estimate of drug-likeness (QED) is 0.362. The van der Waals surface area contributed by atoms with Gasteiger partial charge >= 0.3 is 12.3 Å². The number of hydrogen-bond donors (Lipinski definition) is 0. The fourth-order valence-corrected chi connectivity index (χ4v) is 2.45. The third-order valence-corrected chi connectivity index (χ3v) is 3.83. The molecule has 0 aliphatic carbocycles. The summed E-state index contributed by atoms with van der Waals surface area (Å²) < 4.78 is 19.9. The number of benzene rings is 2. The summed E-state index contributed by atoms with van der Waals surface area (Å²) in [5, 5.41) is 0.549. The highest BCUT2D eigenvalue weighted by Crippen LogP contribution is 2.46. The highest BCUT2D eigenvalue weighted by atomic mass is 35.5. The van der Waals surface area contributed by atoms with Gasteiger partial charge in [-0.15, -0.1) is 0 Å². The van der Waals surface area contributed by atoms with Crippen LogP contribution in [0, 0.1) is 0 Å². The maximum atomic E-state index is 11.8. The Hall–Kier alpha value is -2.70. The van der Waals surface area contributed by atoms with Crippen molar-refractivity contribution in [1.82, 2.24) is 0 Å². The summed E-state index contributed by atoms with van der Waals surface area (Å²) in [5.41, 5.74) is 0. The molecule has 26 heavy (non-hydrogen) atoms. The van der Waals surface area contributed by atoms with Crippen LogP contribution in [-0.4, -0.2) is 25.5 Å². The van der Waals surface area contributed by atoms with E-state index < -0.39 is 12.3 Å². The Labute approximate surface area is 159 Å². The molecule has 0 amide bonds. The lowest BCUT2D eigenvalue weighted by atomic mass is 10.1. The van der Waals surface area contributed by atoms with Gasteiger partial charge in [-0.25, -0.2) is 9.59 Å². The minimum atomic E-state index is -0.980. The maximum Gasteiger partial charge on any atom is 0.514 e. The molecule has 6 nitrogen and oxygen atoms in total. The third-order valence-electron chi connectivity index (χ3n) is 3.02. The fourth-order valence-electron chi connectivity index (χ4n) is 1.99. The van der Waals surface area contributed by atoms with Crippen molar-refractivity contribution in [3.8, 4) is 11.5 Å². The Balaban J connectivity index is 2.47. The minimum Gasteiger partial charge on any atom is -0.430 e. The number of carbonyl (C=O) groups excluding carboxylic acids is 2. The van der Waals surface area contributed by atoms with Crippen molar-refractivity contribution in [1.29, 1.82) is 0 Å². The second kappa shape index (κ2) is 9.12. The first-order valence-corrected chi connectivity index (χ1v) is 8.05. The first-order valence-electron chi connectivity index (χ1n) is 7.30.